The van der Waals surface area contributed by atoms with Gasteiger partial charge in [0.1, 0.15) is 10.7 Å². The Morgan fingerprint density at radius 1 is 1.33 bits per heavy atom. The first-order chi connectivity index (χ1) is 10.0. The van der Waals surface area contributed by atoms with E-state index in [1.165, 1.54) is 16.6 Å². The maximum atomic E-state index is 12.6. The fourth-order valence-electron chi connectivity index (χ4n) is 2.95. The predicted molar refractivity (Wildman–Crippen MR) is 83.4 cm³/mol. The van der Waals surface area contributed by atoms with Gasteiger partial charge in [-0.25, -0.2) is 13.4 Å². The van der Waals surface area contributed by atoms with Crippen LogP contribution in [-0.2, 0) is 10.0 Å². The van der Waals surface area contributed by atoms with E-state index in [0.29, 0.717) is 19.1 Å². The molecule has 0 amide bonds. The van der Waals surface area contributed by atoms with Gasteiger partial charge in [-0.15, -0.1) is 0 Å². The van der Waals surface area contributed by atoms with Gasteiger partial charge in [0.15, 0.2) is 0 Å². The SMILES string of the molecule is CCN(CC)C1CCN(S(=O)(=O)c2cccnc2N)CC1. The summed E-state index contributed by atoms with van der Waals surface area (Å²) in [7, 11) is -3.53. The van der Waals surface area contributed by atoms with Crippen molar-refractivity contribution in [3.05, 3.63) is 18.3 Å². The highest BCUT2D eigenvalue weighted by molar-refractivity contribution is 7.89. The van der Waals surface area contributed by atoms with Crippen molar-refractivity contribution in [2.45, 2.75) is 37.6 Å². The second kappa shape index (κ2) is 6.72. The van der Waals surface area contributed by atoms with Crippen molar-refractivity contribution in [1.29, 1.82) is 0 Å². The Balaban J connectivity index is 2.10. The maximum absolute atomic E-state index is 12.6. The molecular weight excluding hydrogens is 288 g/mol. The summed E-state index contributed by atoms with van der Waals surface area (Å²) in [5, 5.41) is 0. The summed E-state index contributed by atoms with van der Waals surface area (Å²) in [5.74, 6) is 0.0726. The average Bonchev–Trinajstić information content (AvgIpc) is 2.49. The number of rotatable bonds is 5. The van der Waals surface area contributed by atoms with Gasteiger partial charge in [-0.2, -0.15) is 4.31 Å². The minimum atomic E-state index is -3.53. The third-order valence-corrected chi connectivity index (χ3v) is 6.12. The minimum Gasteiger partial charge on any atom is -0.383 e. The van der Waals surface area contributed by atoms with Crippen LogP contribution < -0.4 is 5.73 Å². The van der Waals surface area contributed by atoms with Crippen LogP contribution in [-0.4, -0.2) is 54.8 Å². The van der Waals surface area contributed by atoms with Gasteiger partial charge in [0.05, 0.1) is 0 Å². The Morgan fingerprint density at radius 3 is 2.48 bits per heavy atom. The number of nitrogens with zero attached hydrogens (tertiary/aromatic N) is 3. The van der Waals surface area contributed by atoms with E-state index in [4.69, 9.17) is 5.73 Å². The third kappa shape index (κ3) is 3.36. The molecule has 0 atom stereocenters. The molecule has 1 fully saturated rings. The van der Waals surface area contributed by atoms with Crippen LogP contribution in [0.2, 0.25) is 0 Å². The monoisotopic (exact) mass is 312 g/mol. The quantitative estimate of drug-likeness (QED) is 0.882. The summed E-state index contributed by atoms with van der Waals surface area (Å²) in [6, 6.07) is 3.60. The summed E-state index contributed by atoms with van der Waals surface area (Å²) < 4.78 is 26.8. The number of hydrogen-bond acceptors (Lipinski definition) is 5. The molecular formula is C14H24N4O2S. The molecule has 21 heavy (non-hydrogen) atoms. The van der Waals surface area contributed by atoms with E-state index in [0.717, 1.165) is 25.9 Å². The van der Waals surface area contributed by atoms with Gasteiger partial charge in [0, 0.05) is 25.3 Å². The number of aromatic nitrogens is 1. The highest BCUT2D eigenvalue weighted by atomic mass is 32.2. The van der Waals surface area contributed by atoms with Crippen LogP contribution in [0.5, 0.6) is 0 Å². The number of hydrogen-bond donors (Lipinski definition) is 1. The van der Waals surface area contributed by atoms with Crippen molar-refractivity contribution < 1.29 is 8.42 Å². The van der Waals surface area contributed by atoms with E-state index in [2.05, 4.69) is 23.7 Å². The maximum Gasteiger partial charge on any atom is 0.246 e. The number of pyridine rings is 1. The van der Waals surface area contributed by atoms with Gasteiger partial charge < -0.3 is 10.6 Å². The molecule has 0 spiro atoms. The van der Waals surface area contributed by atoms with E-state index < -0.39 is 10.0 Å². The zero-order valence-electron chi connectivity index (χ0n) is 12.7. The molecule has 1 aromatic rings. The molecule has 0 bridgehead atoms. The molecule has 0 aromatic carbocycles. The van der Waals surface area contributed by atoms with Gasteiger partial charge in [0.2, 0.25) is 10.0 Å². The Morgan fingerprint density at radius 2 is 1.95 bits per heavy atom. The molecule has 1 saturated heterocycles. The first-order valence-corrected chi connectivity index (χ1v) is 8.89. The van der Waals surface area contributed by atoms with Crippen molar-refractivity contribution in [1.82, 2.24) is 14.2 Å². The lowest BCUT2D eigenvalue weighted by atomic mass is 10.1. The molecule has 0 saturated carbocycles. The number of nitrogens with two attached hydrogens (primary N) is 1. The second-order valence-electron chi connectivity index (χ2n) is 5.24. The van der Waals surface area contributed by atoms with Gasteiger partial charge in [-0.05, 0) is 38.1 Å². The highest BCUT2D eigenvalue weighted by Crippen LogP contribution is 2.25. The van der Waals surface area contributed by atoms with Crippen LogP contribution in [0.3, 0.4) is 0 Å². The number of anilines is 1. The molecule has 2 rings (SSSR count). The van der Waals surface area contributed by atoms with Crippen LogP contribution in [0.1, 0.15) is 26.7 Å². The van der Waals surface area contributed by atoms with Crippen molar-refractivity contribution in [2.75, 3.05) is 31.9 Å². The summed E-state index contributed by atoms with van der Waals surface area (Å²) >= 11 is 0. The lowest BCUT2D eigenvalue weighted by molar-refractivity contribution is 0.152. The normalized spacial score (nSPS) is 18.2. The molecule has 2 heterocycles. The van der Waals surface area contributed by atoms with E-state index in [1.807, 2.05) is 0 Å². The summed E-state index contributed by atoms with van der Waals surface area (Å²) in [6.45, 7) is 7.37. The van der Waals surface area contributed by atoms with E-state index in [1.54, 1.807) is 6.07 Å². The number of piperidine rings is 1. The molecule has 2 N–H and O–H groups in total. The van der Waals surface area contributed by atoms with E-state index in [9.17, 15) is 8.42 Å². The predicted octanol–water partition coefficient (Wildman–Crippen LogP) is 1.16. The van der Waals surface area contributed by atoms with Gasteiger partial charge in [-0.3, -0.25) is 0 Å². The molecule has 1 aliphatic rings. The van der Waals surface area contributed by atoms with Crippen molar-refractivity contribution in [2.24, 2.45) is 0 Å². The molecule has 1 aromatic heterocycles. The fraction of sp³-hybridized carbons (Fsp3) is 0.643. The van der Waals surface area contributed by atoms with Crippen molar-refractivity contribution >= 4 is 15.8 Å². The standard InChI is InChI=1S/C14H24N4O2S/c1-3-17(4-2)12-7-10-18(11-8-12)21(19,20)13-6-5-9-16-14(13)15/h5-6,9,12H,3-4,7-8,10-11H2,1-2H3,(H2,15,16). The lowest BCUT2D eigenvalue weighted by Gasteiger charge is -2.37. The topological polar surface area (TPSA) is 79.5 Å². The van der Waals surface area contributed by atoms with E-state index in [-0.39, 0.29) is 10.7 Å². The molecule has 7 heteroatoms. The van der Waals surface area contributed by atoms with Gasteiger partial charge >= 0.3 is 0 Å². The highest BCUT2D eigenvalue weighted by Gasteiger charge is 2.32. The Hall–Kier alpha value is -1.18. The smallest absolute Gasteiger partial charge is 0.246 e. The first-order valence-electron chi connectivity index (χ1n) is 7.45. The summed E-state index contributed by atoms with van der Waals surface area (Å²) in [4.78, 5) is 6.38. The zero-order chi connectivity index (χ0) is 15.5. The Kier molecular flexibility index (Phi) is 5.18. The zero-order valence-corrected chi connectivity index (χ0v) is 13.5. The Labute approximate surface area is 127 Å². The molecule has 0 unspecified atom stereocenters. The van der Waals surface area contributed by atoms with Crippen molar-refractivity contribution in [3.63, 3.8) is 0 Å². The third-order valence-electron chi connectivity index (χ3n) is 4.17. The minimum absolute atomic E-state index is 0.0726. The Bertz CT molecular complexity index is 564. The number of nitrogen functional groups attached to an aromatic ring is 1. The summed E-state index contributed by atoms with van der Waals surface area (Å²) in [5.41, 5.74) is 5.71. The lowest BCUT2D eigenvalue weighted by Crippen LogP contribution is -2.46. The van der Waals surface area contributed by atoms with Gasteiger partial charge in [-0.1, -0.05) is 13.8 Å². The molecule has 118 valence electrons. The second-order valence-corrected chi connectivity index (χ2v) is 7.15. The largest absolute Gasteiger partial charge is 0.383 e. The first kappa shape index (κ1) is 16.2. The molecule has 1 aliphatic heterocycles. The van der Waals surface area contributed by atoms with Crippen LogP contribution in [0.15, 0.2) is 23.2 Å². The molecule has 0 radical (unpaired) electrons. The molecule has 0 aliphatic carbocycles. The van der Waals surface area contributed by atoms with Crippen LogP contribution >= 0.6 is 0 Å². The number of sulfonamides is 1. The van der Waals surface area contributed by atoms with Gasteiger partial charge in [0.25, 0.3) is 0 Å². The van der Waals surface area contributed by atoms with Crippen LogP contribution in [0.25, 0.3) is 0 Å². The fourth-order valence-corrected chi connectivity index (χ4v) is 4.48. The average molecular weight is 312 g/mol. The van der Waals surface area contributed by atoms with Crippen LogP contribution in [0, 0.1) is 0 Å². The van der Waals surface area contributed by atoms with Crippen LogP contribution in [0.4, 0.5) is 5.82 Å². The van der Waals surface area contributed by atoms with E-state index >= 15 is 0 Å². The van der Waals surface area contributed by atoms with Crippen molar-refractivity contribution in [3.8, 4) is 0 Å². The summed E-state index contributed by atoms with van der Waals surface area (Å²) in [6.07, 6.45) is 3.23. The molecule has 6 nitrogen and oxygen atoms in total.